The third-order valence-electron chi connectivity index (χ3n) is 5.03. The van der Waals surface area contributed by atoms with Crippen LogP contribution in [0, 0.1) is 0 Å². The highest BCUT2D eigenvalue weighted by atomic mass is 127. The Morgan fingerprint density at radius 2 is 1.06 bits per heavy atom. The monoisotopic (exact) mass is 593 g/mol. The van der Waals surface area contributed by atoms with Crippen molar-refractivity contribution in [3.63, 3.8) is 0 Å². The molecule has 3 rings (SSSR count). The lowest BCUT2D eigenvalue weighted by molar-refractivity contribution is -0.476. The van der Waals surface area contributed by atoms with Crippen molar-refractivity contribution in [3.8, 4) is 0 Å². The lowest BCUT2D eigenvalue weighted by Crippen LogP contribution is -2.83. The van der Waals surface area contributed by atoms with Crippen molar-refractivity contribution >= 4 is 34.4 Å². The highest BCUT2D eigenvalue weighted by Crippen LogP contribution is 2.69. The summed E-state index contributed by atoms with van der Waals surface area (Å²) < 4.78 is 150. The number of halogens is 12. The zero-order chi connectivity index (χ0) is 24.7. The van der Waals surface area contributed by atoms with Gasteiger partial charge in [0, 0.05) is 3.58 Å². The molecule has 1 aliphatic carbocycles. The number of rotatable bonds is 3. The van der Waals surface area contributed by atoms with Crippen molar-refractivity contribution in [3.05, 3.63) is 45.0 Å². The summed E-state index contributed by atoms with van der Waals surface area (Å²) in [6, 6.07) is 4.93. The third kappa shape index (κ3) is 2.65. The van der Waals surface area contributed by atoms with Crippen molar-refractivity contribution in [1.82, 2.24) is 4.90 Å². The molecule has 0 unspecified atom stereocenters. The van der Waals surface area contributed by atoms with Gasteiger partial charge in [-0.2, -0.15) is 43.9 Å². The number of carbonyl (C=O) groups excluding carboxylic acids is 2. The zero-order valence-electron chi connectivity index (χ0n) is 14.9. The fourth-order valence-electron chi connectivity index (χ4n) is 3.22. The number of nitrogens with zero attached hydrogens (tertiary/aromatic N) is 1. The van der Waals surface area contributed by atoms with E-state index in [1.165, 1.54) is 12.1 Å². The molecule has 2 aliphatic rings. The van der Waals surface area contributed by atoms with Crippen LogP contribution in [0.15, 0.2) is 33.9 Å². The first-order valence-corrected chi connectivity index (χ1v) is 9.28. The quantitative estimate of drug-likeness (QED) is 0.264. The molecule has 1 aromatic carbocycles. The van der Waals surface area contributed by atoms with E-state index in [0.29, 0.717) is 0 Å². The van der Waals surface area contributed by atoms with Gasteiger partial charge in [-0.3, -0.25) is 14.5 Å². The van der Waals surface area contributed by atoms with Gasteiger partial charge in [0.15, 0.2) is 0 Å². The van der Waals surface area contributed by atoms with Gasteiger partial charge < -0.3 is 0 Å². The maximum atomic E-state index is 14.8. The maximum Gasteiger partial charge on any atom is 0.384 e. The van der Waals surface area contributed by atoms with Gasteiger partial charge in [0.05, 0.1) is 17.7 Å². The first-order chi connectivity index (χ1) is 14.3. The second kappa shape index (κ2) is 6.79. The molecule has 0 N–H and O–H groups in total. The van der Waals surface area contributed by atoms with E-state index in [9.17, 15) is 57.9 Å². The predicted molar refractivity (Wildman–Crippen MR) is 92.5 cm³/mol. The highest BCUT2D eigenvalue weighted by Gasteiger charge is 3.00. The van der Waals surface area contributed by atoms with Crippen LogP contribution in [0.25, 0.3) is 0 Å². The molecule has 1 aliphatic heterocycles. The van der Waals surface area contributed by atoms with E-state index in [2.05, 4.69) is 0 Å². The van der Waals surface area contributed by atoms with Crippen LogP contribution in [0.3, 0.4) is 0 Å². The first-order valence-electron chi connectivity index (χ1n) is 8.20. The molecule has 0 saturated heterocycles. The van der Waals surface area contributed by atoms with Crippen LogP contribution in [0.1, 0.15) is 20.7 Å². The molecule has 1 fully saturated rings. The van der Waals surface area contributed by atoms with Crippen molar-refractivity contribution in [2.45, 2.75) is 35.3 Å². The maximum absolute atomic E-state index is 14.8. The molecule has 1 saturated carbocycles. The summed E-state index contributed by atoms with van der Waals surface area (Å²) in [7, 11) is 0. The number of hydrogen-bond acceptors (Lipinski definition) is 2. The summed E-state index contributed by atoms with van der Waals surface area (Å²) in [6.07, 6.45) is -1.09. The van der Waals surface area contributed by atoms with Crippen LogP contribution >= 0.6 is 22.6 Å². The van der Waals surface area contributed by atoms with Crippen LogP contribution in [0.2, 0.25) is 0 Å². The summed E-state index contributed by atoms with van der Waals surface area (Å²) in [5.41, 5.74) is -6.76. The van der Waals surface area contributed by atoms with Crippen molar-refractivity contribution in [2.24, 2.45) is 0 Å². The van der Waals surface area contributed by atoms with E-state index in [-0.39, 0.29) is 16.0 Å². The zero-order valence-corrected chi connectivity index (χ0v) is 17.1. The molecule has 1 heterocycles. The van der Waals surface area contributed by atoms with E-state index < -0.39 is 63.3 Å². The Hall–Kier alpha value is -1.94. The lowest BCUT2D eigenvalue weighted by Gasteiger charge is -2.51. The summed E-state index contributed by atoms with van der Waals surface area (Å²) in [5, 5.41) is 0. The number of amides is 2. The van der Waals surface area contributed by atoms with Gasteiger partial charge in [-0.15, -0.1) is 0 Å². The molecule has 0 atom stereocenters. The van der Waals surface area contributed by atoms with Gasteiger partial charge in [-0.25, -0.2) is 4.39 Å². The molecule has 3 nitrogen and oxygen atoms in total. The normalized spacial score (nSPS) is 26.8. The Morgan fingerprint density at radius 3 is 1.44 bits per heavy atom. The van der Waals surface area contributed by atoms with Crippen LogP contribution in [0.4, 0.5) is 48.3 Å². The van der Waals surface area contributed by atoms with Crippen molar-refractivity contribution in [2.75, 3.05) is 6.54 Å². The molecule has 2 amide bonds. The minimum atomic E-state index is -7.32. The van der Waals surface area contributed by atoms with Crippen LogP contribution in [0.5, 0.6) is 0 Å². The Labute approximate surface area is 184 Å². The summed E-state index contributed by atoms with van der Waals surface area (Å²) in [6.45, 7) is -1.27. The molecule has 0 bridgehead atoms. The minimum Gasteiger partial charge on any atom is -0.269 e. The topological polar surface area (TPSA) is 37.4 Å². The molecule has 1 aromatic rings. The lowest BCUT2D eigenvalue weighted by atomic mass is 9.72. The fourth-order valence-corrected chi connectivity index (χ4v) is 3.99. The van der Waals surface area contributed by atoms with Gasteiger partial charge in [0.2, 0.25) is 0 Å². The van der Waals surface area contributed by atoms with Gasteiger partial charge in [-0.05, 0) is 40.8 Å². The van der Waals surface area contributed by atoms with Gasteiger partial charge in [0.1, 0.15) is 0 Å². The molecule has 15 heteroatoms. The van der Waals surface area contributed by atoms with Crippen LogP contribution in [-0.2, 0) is 0 Å². The molecular weight excluding hydrogens is 586 g/mol. The smallest absolute Gasteiger partial charge is 0.269 e. The fraction of sp³-hybridized carbons (Fsp3) is 0.412. The average Bonchev–Trinajstić information content (AvgIpc) is 2.91. The molecule has 0 radical (unpaired) electrons. The number of benzene rings is 1. The van der Waals surface area contributed by atoms with Crippen LogP contribution in [-0.4, -0.2) is 58.5 Å². The predicted octanol–water partition coefficient (Wildman–Crippen LogP) is 5.50. The number of hydrogen-bond donors (Lipinski definition) is 0. The van der Waals surface area contributed by atoms with Crippen LogP contribution < -0.4 is 0 Å². The third-order valence-corrected chi connectivity index (χ3v) is 5.69. The Morgan fingerprint density at radius 1 is 0.719 bits per heavy atom. The van der Waals surface area contributed by atoms with Gasteiger partial charge >= 0.3 is 29.6 Å². The number of carbonyl (C=O) groups is 2. The van der Waals surface area contributed by atoms with Crippen molar-refractivity contribution in [1.29, 1.82) is 0 Å². The number of imide groups is 1. The molecule has 0 spiro atoms. The standard InChI is InChI=1S/C17H7F11INO2/c18-12(13(19,20)15(23,24)17(27,28)16(25,26)14(12,21)22)5-7(29)6-30-10(31)8-3-1-2-4-9(8)11(30)32/h1-5H,6H2. The molecular formula is C17H7F11INO2. The van der Waals surface area contributed by atoms with E-state index in [1.54, 1.807) is 0 Å². The second-order valence-electron chi connectivity index (χ2n) is 6.92. The van der Waals surface area contributed by atoms with Gasteiger partial charge in [0.25, 0.3) is 17.5 Å². The summed E-state index contributed by atoms with van der Waals surface area (Å²) in [5.74, 6) is -38.0. The minimum absolute atomic E-state index is 0.219. The molecule has 32 heavy (non-hydrogen) atoms. The van der Waals surface area contributed by atoms with Crippen molar-refractivity contribution < 1.29 is 57.9 Å². The second-order valence-corrected chi connectivity index (χ2v) is 8.30. The molecule has 176 valence electrons. The average molecular weight is 593 g/mol. The Bertz CT molecular complexity index is 972. The van der Waals surface area contributed by atoms with E-state index in [1.807, 2.05) is 0 Å². The SMILES string of the molecule is O=C1c2ccccc2C(=O)N1CC(I)=CC1(F)C(F)(F)C(F)(F)C(F)(F)C(F)(F)C1(F)F. The Balaban J connectivity index is 2.08. The van der Waals surface area contributed by atoms with E-state index in [0.717, 1.165) is 34.7 Å². The highest BCUT2D eigenvalue weighted by molar-refractivity contribution is 14.1. The number of fused-ring (bicyclic) bond motifs is 1. The number of alkyl halides is 11. The Kier molecular flexibility index (Phi) is 5.24. The van der Waals surface area contributed by atoms with E-state index >= 15 is 0 Å². The largest absolute Gasteiger partial charge is 0.384 e. The molecule has 0 aromatic heterocycles. The summed E-state index contributed by atoms with van der Waals surface area (Å²) >= 11 is 0.760. The van der Waals surface area contributed by atoms with Gasteiger partial charge in [-0.1, -0.05) is 12.1 Å². The first kappa shape index (κ1) is 24.7. The summed E-state index contributed by atoms with van der Waals surface area (Å²) in [4.78, 5) is 24.6. The van der Waals surface area contributed by atoms with E-state index in [4.69, 9.17) is 0 Å². The number of allylic oxidation sites excluding steroid dienone is 1.